The van der Waals surface area contributed by atoms with Gasteiger partial charge in [-0.25, -0.2) is 4.39 Å². The van der Waals surface area contributed by atoms with Crippen LogP contribution in [-0.4, -0.2) is 42.9 Å². The van der Waals surface area contributed by atoms with Crippen LogP contribution in [0.1, 0.15) is 23.1 Å². The van der Waals surface area contributed by atoms with Gasteiger partial charge in [-0.15, -0.1) is 0 Å². The second kappa shape index (κ2) is 9.25. The number of nitrogens with zero attached hydrogens (tertiary/aromatic N) is 2. The van der Waals surface area contributed by atoms with Crippen LogP contribution in [0.3, 0.4) is 0 Å². The van der Waals surface area contributed by atoms with Gasteiger partial charge in [0.2, 0.25) is 5.91 Å². The summed E-state index contributed by atoms with van der Waals surface area (Å²) in [5.41, 5.74) is 0.938. The minimum atomic E-state index is -4.42. The van der Waals surface area contributed by atoms with Gasteiger partial charge in [0.15, 0.2) is 6.10 Å². The van der Waals surface area contributed by atoms with E-state index in [2.05, 4.69) is 5.16 Å². The minimum absolute atomic E-state index is 0.0927. The summed E-state index contributed by atoms with van der Waals surface area (Å²) in [6.07, 6.45) is -4.52. The average Bonchev–Trinajstić information content (AvgIpc) is 3.16. The molecule has 1 aliphatic heterocycles. The standard InChI is InChI=1S/C21H20F4N2O3/c1-29-13-20(28)27(11-14-5-7-16(8-6-14)21(23,24)25)12-18-10-19(26-30-18)15-3-2-4-17(22)9-15/h2-9,18H,10-13H2,1H3/t18-/m1/s1. The first kappa shape index (κ1) is 21.8. The zero-order chi connectivity index (χ0) is 21.7. The molecule has 0 N–H and O–H groups in total. The van der Waals surface area contributed by atoms with Gasteiger partial charge in [-0.1, -0.05) is 29.4 Å². The van der Waals surface area contributed by atoms with Crippen molar-refractivity contribution < 1.29 is 31.9 Å². The molecule has 0 spiro atoms. The summed E-state index contributed by atoms with van der Waals surface area (Å²) in [5, 5.41) is 3.99. The number of benzene rings is 2. The number of hydrogen-bond acceptors (Lipinski definition) is 4. The highest BCUT2D eigenvalue weighted by Gasteiger charge is 2.30. The van der Waals surface area contributed by atoms with Crippen LogP contribution in [0.25, 0.3) is 0 Å². The number of halogens is 4. The summed E-state index contributed by atoms with van der Waals surface area (Å²) >= 11 is 0. The molecule has 0 saturated carbocycles. The van der Waals surface area contributed by atoms with Crippen molar-refractivity contribution in [1.82, 2.24) is 4.90 Å². The lowest BCUT2D eigenvalue weighted by Crippen LogP contribution is -2.39. The number of ether oxygens (including phenoxy) is 1. The lowest BCUT2D eigenvalue weighted by molar-refractivity contribution is -0.138. The number of hydrogen-bond donors (Lipinski definition) is 0. The summed E-state index contributed by atoms with van der Waals surface area (Å²) < 4.78 is 56.6. The van der Waals surface area contributed by atoms with Crippen molar-refractivity contribution >= 4 is 11.6 Å². The van der Waals surface area contributed by atoms with Crippen LogP contribution in [-0.2, 0) is 27.1 Å². The predicted octanol–water partition coefficient (Wildman–Crippen LogP) is 4.01. The Balaban J connectivity index is 1.67. The predicted molar refractivity (Wildman–Crippen MR) is 101 cm³/mol. The highest BCUT2D eigenvalue weighted by Crippen LogP contribution is 2.29. The Morgan fingerprint density at radius 1 is 1.23 bits per heavy atom. The van der Waals surface area contributed by atoms with Crippen LogP contribution >= 0.6 is 0 Å². The van der Waals surface area contributed by atoms with E-state index in [-0.39, 0.29) is 25.6 Å². The maximum Gasteiger partial charge on any atom is 0.416 e. The summed E-state index contributed by atoms with van der Waals surface area (Å²) in [4.78, 5) is 19.3. The van der Waals surface area contributed by atoms with E-state index >= 15 is 0 Å². The van der Waals surface area contributed by atoms with Crippen molar-refractivity contribution in [2.24, 2.45) is 5.16 Å². The summed E-state index contributed by atoms with van der Waals surface area (Å²) in [5.74, 6) is -0.724. The van der Waals surface area contributed by atoms with Crippen molar-refractivity contribution in [3.63, 3.8) is 0 Å². The fourth-order valence-corrected chi connectivity index (χ4v) is 3.10. The molecule has 1 aliphatic rings. The lowest BCUT2D eigenvalue weighted by atomic mass is 10.0. The number of rotatable bonds is 7. The molecule has 0 saturated heterocycles. The quantitative estimate of drug-likeness (QED) is 0.631. The molecule has 1 atom stereocenters. The zero-order valence-electron chi connectivity index (χ0n) is 16.2. The highest BCUT2D eigenvalue weighted by atomic mass is 19.4. The van der Waals surface area contributed by atoms with E-state index in [1.807, 2.05) is 0 Å². The molecule has 160 valence electrons. The molecule has 9 heteroatoms. The molecule has 2 aromatic carbocycles. The number of alkyl halides is 3. The van der Waals surface area contributed by atoms with Crippen molar-refractivity contribution in [3.8, 4) is 0 Å². The first-order chi connectivity index (χ1) is 14.3. The Morgan fingerprint density at radius 3 is 2.60 bits per heavy atom. The molecule has 3 rings (SSSR count). The van der Waals surface area contributed by atoms with Crippen molar-refractivity contribution in [2.45, 2.75) is 25.2 Å². The maximum absolute atomic E-state index is 13.4. The van der Waals surface area contributed by atoms with Crippen LogP contribution in [0, 0.1) is 5.82 Å². The maximum atomic E-state index is 13.4. The zero-order valence-corrected chi connectivity index (χ0v) is 16.2. The SMILES string of the molecule is COCC(=O)N(Cc1ccc(C(F)(F)F)cc1)C[C@H]1CC(c2cccc(F)c2)=NO1. The topological polar surface area (TPSA) is 51.1 Å². The van der Waals surface area contributed by atoms with E-state index in [1.54, 1.807) is 12.1 Å². The molecule has 2 aromatic rings. The number of oxime groups is 1. The van der Waals surface area contributed by atoms with E-state index in [9.17, 15) is 22.4 Å². The molecule has 0 fully saturated rings. The number of carbonyl (C=O) groups excluding carboxylic acids is 1. The van der Waals surface area contributed by atoms with Crippen molar-refractivity contribution in [1.29, 1.82) is 0 Å². The van der Waals surface area contributed by atoms with Crippen LogP contribution in [0.4, 0.5) is 17.6 Å². The summed E-state index contributed by atoms with van der Waals surface area (Å²) in [6.45, 7) is 0.0754. The smallest absolute Gasteiger partial charge is 0.390 e. The Kier molecular flexibility index (Phi) is 6.71. The molecule has 0 aliphatic carbocycles. The van der Waals surface area contributed by atoms with Gasteiger partial charge in [0.05, 0.1) is 17.8 Å². The third-order valence-electron chi connectivity index (χ3n) is 4.59. The van der Waals surface area contributed by atoms with Crippen molar-refractivity contribution in [2.75, 3.05) is 20.3 Å². The van der Waals surface area contributed by atoms with Gasteiger partial charge in [-0.3, -0.25) is 4.79 Å². The molecular formula is C21H20F4N2O3. The second-order valence-corrected chi connectivity index (χ2v) is 6.88. The molecule has 0 unspecified atom stereocenters. The molecule has 30 heavy (non-hydrogen) atoms. The molecule has 0 bridgehead atoms. The van der Waals surface area contributed by atoms with E-state index in [0.29, 0.717) is 23.3 Å². The van der Waals surface area contributed by atoms with Gasteiger partial charge in [0, 0.05) is 25.6 Å². The summed E-state index contributed by atoms with van der Waals surface area (Å²) in [7, 11) is 1.38. The third kappa shape index (κ3) is 5.56. The Labute approximate surface area is 170 Å². The third-order valence-corrected chi connectivity index (χ3v) is 4.59. The molecule has 0 aromatic heterocycles. The average molecular weight is 424 g/mol. The number of amides is 1. The molecule has 1 heterocycles. The lowest BCUT2D eigenvalue weighted by Gasteiger charge is -2.25. The Hall–Kier alpha value is -2.94. The van der Waals surface area contributed by atoms with Crippen LogP contribution < -0.4 is 0 Å². The Morgan fingerprint density at radius 2 is 1.97 bits per heavy atom. The van der Waals surface area contributed by atoms with Gasteiger partial charge in [0.25, 0.3) is 0 Å². The highest BCUT2D eigenvalue weighted by molar-refractivity contribution is 6.01. The molecule has 0 radical (unpaired) electrons. The second-order valence-electron chi connectivity index (χ2n) is 6.88. The van der Waals surface area contributed by atoms with Gasteiger partial charge in [-0.2, -0.15) is 13.2 Å². The van der Waals surface area contributed by atoms with Gasteiger partial charge in [0.1, 0.15) is 12.4 Å². The van der Waals surface area contributed by atoms with Gasteiger partial charge < -0.3 is 14.5 Å². The van der Waals surface area contributed by atoms with Gasteiger partial charge >= 0.3 is 6.18 Å². The van der Waals surface area contributed by atoms with E-state index in [1.165, 1.54) is 36.3 Å². The number of methoxy groups -OCH3 is 1. The normalized spacial score (nSPS) is 16.2. The van der Waals surface area contributed by atoms with Crippen LogP contribution in [0.2, 0.25) is 0 Å². The first-order valence-electron chi connectivity index (χ1n) is 9.17. The molecule has 1 amide bonds. The van der Waals surface area contributed by atoms with E-state index in [0.717, 1.165) is 12.1 Å². The minimum Gasteiger partial charge on any atom is -0.390 e. The fraction of sp³-hybridized carbons (Fsp3) is 0.333. The van der Waals surface area contributed by atoms with Crippen molar-refractivity contribution in [3.05, 3.63) is 71.0 Å². The van der Waals surface area contributed by atoms with Gasteiger partial charge in [-0.05, 0) is 29.8 Å². The Bertz CT molecular complexity index is 913. The summed E-state index contributed by atoms with van der Waals surface area (Å²) in [6, 6.07) is 10.6. The van der Waals surface area contributed by atoms with E-state index in [4.69, 9.17) is 9.57 Å². The molecular weight excluding hydrogens is 404 g/mol. The number of carbonyl (C=O) groups is 1. The van der Waals surface area contributed by atoms with Crippen LogP contribution in [0.15, 0.2) is 53.7 Å². The van der Waals surface area contributed by atoms with E-state index < -0.39 is 23.7 Å². The monoisotopic (exact) mass is 424 g/mol. The first-order valence-corrected chi connectivity index (χ1v) is 9.17. The molecule has 5 nitrogen and oxygen atoms in total. The fourth-order valence-electron chi connectivity index (χ4n) is 3.10. The van der Waals surface area contributed by atoms with Crippen LogP contribution in [0.5, 0.6) is 0 Å². The largest absolute Gasteiger partial charge is 0.416 e.